The SMILES string of the molecule is Cc1cc(C)c(C)c(-c2c3cc(-c4ccncc4)ccc3nc[n+]2C)c1. The molecule has 4 rings (SSSR count). The quantitative estimate of drug-likeness (QED) is 0.495. The summed E-state index contributed by atoms with van der Waals surface area (Å²) in [6, 6.07) is 15.1. The second kappa shape index (κ2) is 6.34. The lowest BCUT2D eigenvalue weighted by molar-refractivity contribution is -0.662. The average molecular weight is 340 g/mol. The minimum Gasteiger partial charge on any atom is -0.265 e. The average Bonchev–Trinajstić information content (AvgIpc) is 2.65. The fraction of sp³-hybridized carbons (Fsp3) is 0.174. The van der Waals surface area contributed by atoms with Gasteiger partial charge in [-0.1, -0.05) is 11.6 Å². The monoisotopic (exact) mass is 340 g/mol. The summed E-state index contributed by atoms with van der Waals surface area (Å²) in [5.74, 6) is 0. The van der Waals surface area contributed by atoms with Gasteiger partial charge in [-0.15, -0.1) is 0 Å². The van der Waals surface area contributed by atoms with Gasteiger partial charge >= 0.3 is 0 Å². The molecule has 0 saturated carbocycles. The van der Waals surface area contributed by atoms with Gasteiger partial charge in [-0.2, -0.15) is 0 Å². The van der Waals surface area contributed by atoms with Crippen LogP contribution in [0.2, 0.25) is 0 Å². The first-order valence-corrected chi connectivity index (χ1v) is 8.81. The van der Waals surface area contributed by atoms with Crippen LogP contribution in [0, 0.1) is 20.8 Å². The van der Waals surface area contributed by atoms with E-state index in [1.165, 1.54) is 33.5 Å². The van der Waals surface area contributed by atoms with Crippen molar-refractivity contribution < 1.29 is 4.57 Å². The highest BCUT2D eigenvalue weighted by Gasteiger charge is 2.18. The van der Waals surface area contributed by atoms with Crippen molar-refractivity contribution in [2.45, 2.75) is 20.8 Å². The zero-order chi connectivity index (χ0) is 18.3. The predicted octanol–water partition coefficient (Wildman–Crippen LogP) is 4.71. The minimum absolute atomic E-state index is 1.01. The van der Waals surface area contributed by atoms with Crippen LogP contribution in [0.5, 0.6) is 0 Å². The van der Waals surface area contributed by atoms with E-state index >= 15 is 0 Å². The third-order valence-electron chi connectivity index (χ3n) is 5.05. The number of nitrogens with zero attached hydrogens (tertiary/aromatic N) is 3. The molecule has 0 saturated heterocycles. The second-order valence-corrected chi connectivity index (χ2v) is 6.93. The fourth-order valence-electron chi connectivity index (χ4n) is 3.58. The van der Waals surface area contributed by atoms with Gasteiger partial charge in [0.1, 0.15) is 5.69 Å². The Morgan fingerprint density at radius 1 is 0.846 bits per heavy atom. The molecule has 0 aliphatic heterocycles. The third kappa shape index (κ3) is 2.76. The summed E-state index contributed by atoms with van der Waals surface area (Å²) < 4.78 is 2.12. The van der Waals surface area contributed by atoms with Crippen LogP contribution in [-0.4, -0.2) is 9.97 Å². The molecule has 0 fully saturated rings. The maximum Gasteiger partial charge on any atom is 0.287 e. The van der Waals surface area contributed by atoms with E-state index in [4.69, 9.17) is 0 Å². The van der Waals surface area contributed by atoms with Crippen LogP contribution in [0.15, 0.2) is 61.2 Å². The van der Waals surface area contributed by atoms with Crippen molar-refractivity contribution in [3.05, 3.63) is 77.9 Å². The molecule has 3 heteroatoms. The highest BCUT2D eigenvalue weighted by Crippen LogP contribution is 2.32. The molecular weight excluding hydrogens is 318 g/mol. The van der Waals surface area contributed by atoms with Gasteiger partial charge in [0.15, 0.2) is 5.52 Å². The lowest BCUT2D eigenvalue weighted by Crippen LogP contribution is -2.32. The van der Waals surface area contributed by atoms with Gasteiger partial charge in [-0.25, -0.2) is 4.57 Å². The van der Waals surface area contributed by atoms with Crippen LogP contribution in [0.1, 0.15) is 16.7 Å². The molecule has 2 aromatic carbocycles. The lowest BCUT2D eigenvalue weighted by Gasteiger charge is -2.13. The molecule has 0 atom stereocenters. The Morgan fingerprint density at radius 3 is 2.38 bits per heavy atom. The molecule has 0 N–H and O–H groups in total. The van der Waals surface area contributed by atoms with Crippen LogP contribution in [-0.2, 0) is 7.05 Å². The summed E-state index contributed by atoms with van der Waals surface area (Å²) in [6.45, 7) is 6.53. The molecule has 3 nitrogen and oxygen atoms in total. The van der Waals surface area contributed by atoms with Crippen molar-refractivity contribution in [1.82, 2.24) is 9.97 Å². The summed E-state index contributed by atoms with van der Waals surface area (Å²) in [5.41, 5.74) is 9.73. The van der Waals surface area contributed by atoms with Gasteiger partial charge in [0.2, 0.25) is 0 Å². The highest BCUT2D eigenvalue weighted by molar-refractivity contribution is 5.94. The van der Waals surface area contributed by atoms with Gasteiger partial charge in [0.05, 0.1) is 12.4 Å². The number of rotatable bonds is 2. The number of aromatic nitrogens is 3. The van der Waals surface area contributed by atoms with Gasteiger partial charge < -0.3 is 0 Å². The first-order chi connectivity index (χ1) is 12.5. The Balaban J connectivity index is 2.04. The molecule has 128 valence electrons. The topological polar surface area (TPSA) is 29.7 Å². The summed E-state index contributed by atoms with van der Waals surface area (Å²) in [6.07, 6.45) is 5.57. The molecule has 0 radical (unpaired) electrons. The highest BCUT2D eigenvalue weighted by atomic mass is 15.0. The molecular formula is C23H22N3+. The van der Waals surface area contributed by atoms with Crippen LogP contribution < -0.4 is 4.57 Å². The van der Waals surface area contributed by atoms with Crippen molar-refractivity contribution in [3.63, 3.8) is 0 Å². The Hall–Kier alpha value is -3.07. The summed E-state index contributed by atoms with van der Waals surface area (Å²) in [4.78, 5) is 8.75. The van der Waals surface area contributed by atoms with Gasteiger partial charge in [-0.05, 0) is 84.4 Å². The van der Waals surface area contributed by atoms with Crippen molar-refractivity contribution in [2.75, 3.05) is 0 Å². The standard InChI is InChI=1S/C23H22N3/c1-15-11-16(2)17(3)20(12-15)23-21-13-19(18-7-9-24-10-8-18)5-6-22(21)25-14-26(23)4/h5-14H,1-4H3/q+1. The van der Waals surface area contributed by atoms with Crippen molar-refractivity contribution >= 4 is 10.9 Å². The second-order valence-electron chi connectivity index (χ2n) is 6.93. The van der Waals surface area contributed by atoms with Crippen molar-refractivity contribution in [2.24, 2.45) is 7.05 Å². The van der Waals surface area contributed by atoms with E-state index in [9.17, 15) is 0 Å². The van der Waals surface area contributed by atoms with Crippen molar-refractivity contribution in [1.29, 1.82) is 0 Å². The van der Waals surface area contributed by atoms with E-state index in [0.717, 1.165) is 16.5 Å². The lowest BCUT2D eigenvalue weighted by atomic mass is 9.94. The Labute approximate surface area is 154 Å². The molecule has 0 unspecified atom stereocenters. The normalized spacial score (nSPS) is 11.1. The Kier molecular flexibility index (Phi) is 4.00. The molecule has 0 bridgehead atoms. The van der Waals surface area contributed by atoms with E-state index in [1.54, 1.807) is 0 Å². The van der Waals surface area contributed by atoms with E-state index < -0.39 is 0 Å². The van der Waals surface area contributed by atoms with E-state index in [0.29, 0.717) is 0 Å². The number of pyridine rings is 1. The number of hydrogen-bond acceptors (Lipinski definition) is 2. The predicted molar refractivity (Wildman–Crippen MR) is 106 cm³/mol. The van der Waals surface area contributed by atoms with E-state index in [1.807, 2.05) is 30.9 Å². The summed E-state index contributed by atoms with van der Waals surface area (Å²) >= 11 is 0. The van der Waals surface area contributed by atoms with E-state index in [2.05, 4.69) is 72.7 Å². The van der Waals surface area contributed by atoms with Gasteiger partial charge in [-0.3, -0.25) is 4.98 Å². The molecule has 26 heavy (non-hydrogen) atoms. The molecule has 2 aromatic heterocycles. The van der Waals surface area contributed by atoms with Crippen LogP contribution >= 0.6 is 0 Å². The summed E-state index contributed by atoms with van der Waals surface area (Å²) in [5, 5.41) is 1.16. The molecule has 4 aromatic rings. The fourth-order valence-corrected chi connectivity index (χ4v) is 3.58. The zero-order valence-electron chi connectivity index (χ0n) is 15.6. The minimum atomic E-state index is 1.01. The van der Waals surface area contributed by atoms with Crippen LogP contribution in [0.25, 0.3) is 33.3 Å². The summed E-state index contributed by atoms with van der Waals surface area (Å²) in [7, 11) is 2.07. The Morgan fingerprint density at radius 2 is 1.62 bits per heavy atom. The Bertz CT molecular complexity index is 1120. The molecule has 0 amide bonds. The van der Waals surface area contributed by atoms with Crippen molar-refractivity contribution in [3.8, 4) is 22.4 Å². The third-order valence-corrected chi connectivity index (χ3v) is 5.05. The zero-order valence-corrected chi connectivity index (χ0v) is 15.6. The van der Waals surface area contributed by atoms with E-state index in [-0.39, 0.29) is 0 Å². The molecule has 0 aliphatic carbocycles. The number of fused-ring (bicyclic) bond motifs is 1. The molecule has 0 aliphatic rings. The van der Waals surface area contributed by atoms with Gasteiger partial charge in [0, 0.05) is 18.0 Å². The van der Waals surface area contributed by atoms with Crippen LogP contribution in [0.4, 0.5) is 0 Å². The largest absolute Gasteiger partial charge is 0.287 e. The molecule has 2 heterocycles. The number of aryl methyl sites for hydroxylation is 3. The van der Waals surface area contributed by atoms with Gasteiger partial charge in [0.25, 0.3) is 6.33 Å². The maximum absolute atomic E-state index is 4.63. The first-order valence-electron chi connectivity index (χ1n) is 8.81. The molecule has 0 spiro atoms. The first kappa shape index (κ1) is 16.4. The maximum atomic E-state index is 4.63. The number of benzene rings is 2. The number of hydrogen-bond donors (Lipinski definition) is 0. The van der Waals surface area contributed by atoms with Crippen LogP contribution in [0.3, 0.4) is 0 Å². The smallest absolute Gasteiger partial charge is 0.265 e.